The molecule has 0 unspecified atom stereocenters. The second-order valence-electron chi connectivity index (χ2n) is 4.44. The van der Waals surface area contributed by atoms with Gasteiger partial charge in [-0.2, -0.15) is 0 Å². The lowest BCUT2D eigenvalue weighted by atomic mass is 10.2. The molecule has 0 saturated heterocycles. The lowest BCUT2D eigenvalue weighted by Gasteiger charge is -2.18. The van der Waals surface area contributed by atoms with Gasteiger partial charge >= 0.3 is 0 Å². The first-order valence-corrected chi connectivity index (χ1v) is 7.12. The molecule has 0 aliphatic heterocycles. The number of thiophene rings is 1. The highest BCUT2D eigenvalue weighted by Crippen LogP contribution is 2.38. The number of hydrogen-bond acceptors (Lipinski definition) is 5. The number of nitrogens with two attached hydrogens (primary N) is 1. The summed E-state index contributed by atoms with van der Waals surface area (Å²) in [5, 5.41) is 3.34. The monoisotopic (exact) mass is 283 g/mol. The SMILES string of the molecule is CCCCN(C)c1sc(C(C)=O)c(N)c1C(=O)NC. The lowest BCUT2D eigenvalue weighted by Crippen LogP contribution is -2.24. The van der Waals surface area contributed by atoms with E-state index >= 15 is 0 Å². The summed E-state index contributed by atoms with van der Waals surface area (Å²) in [6, 6.07) is 0. The van der Waals surface area contributed by atoms with E-state index in [0.717, 1.165) is 24.4 Å². The van der Waals surface area contributed by atoms with Crippen LogP contribution in [-0.2, 0) is 0 Å². The van der Waals surface area contributed by atoms with Crippen molar-refractivity contribution in [3.05, 3.63) is 10.4 Å². The highest BCUT2D eigenvalue weighted by Gasteiger charge is 2.25. The van der Waals surface area contributed by atoms with E-state index in [1.165, 1.54) is 18.3 Å². The van der Waals surface area contributed by atoms with E-state index in [-0.39, 0.29) is 17.4 Å². The fourth-order valence-electron chi connectivity index (χ4n) is 1.80. The van der Waals surface area contributed by atoms with Crippen molar-refractivity contribution < 1.29 is 9.59 Å². The largest absolute Gasteiger partial charge is 0.397 e. The van der Waals surface area contributed by atoms with E-state index in [1.807, 2.05) is 11.9 Å². The van der Waals surface area contributed by atoms with Gasteiger partial charge < -0.3 is 16.0 Å². The summed E-state index contributed by atoms with van der Waals surface area (Å²) < 4.78 is 0. The highest BCUT2D eigenvalue weighted by molar-refractivity contribution is 7.19. The Bertz CT molecular complexity index is 482. The quantitative estimate of drug-likeness (QED) is 0.784. The van der Waals surface area contributed by atoms with E-state index in [0.29, 0.717) is 10.4 Å². The maximum Gasteiger partial charge on any atom is 0.256 e. The van der Waals surface area contributed by atoms with Crippen molar-refractivity contribution in [1.82, 2.24) is 5.32 Å². The minimum atomic E-state index is -0.250. The topological polar surface area (TPSA) is 75.4 Å². The normalized spacial score (nSPS) is 10.3. The number of nitrogen functional groups attached to an aromatic ring is 1. The second kappa shape index (κ2) is 6.56. The molecular formula is C13H21N3O2S. The summed E-state index contributed by atoms with van der Waals surface area (Å²) in [6.45, 7) is 4.40. The average Bonchev–Trinajstić information content (AvgIpc) is 2.73. The number of carbonyl (C=O) groups excluding carboxylic acids is 2. The lowest BCUT2D eigenvalue weighted by molar-refractivity contribution is 0.0964. The van der Waals surface area contributed by atoms with Crippen LogP contribution in [-0.4, -0.2) is 32.3 Å². The third kappa shape index (κ3) is 3.26. The maximum atomic E-state index is 11.9. The smallest absolute Gasteiger partial charge is 0.256 e. The van der Waals surface area contributed by atoms with Crippen LogP contribution < -0.4 is 16.0 Å². The van der Waals surface area contributed by atoms with Gasteiger partial charge in [0.05, 0.1) is 16.1 Å². The Morgan fingerprint density at radius 3 is 2.53 bits per heavy atom. The molecule has 0 atom stereocenters. The number of nitrogens with one attached hydrogen (secondary N) is 1. The van der Waals surface area contributed by atoms with Gasteiger partial charge in [0.25, 0.3) is 5.91 Å². The summed E-state index contributed by atoms with van der Waals surface area (Å²) >= 11 is 1.29. The molecule has 0 bridgehead atoms. The first-order chi connectivity index (χ1) is 8.93. The molecule has 1 aromatic heterocycles. The molecule has 5 nitrogen and oxygen atoms in total. The van der Waals surface area contributed by atoms with Crippen LogP contribution in [0.5, 0.6) is 0 Å². The number of carbonyl (C=O) groups is 2. The van der Waals surface area contributed by atoms with Gasteiger partial charge in [-0.15, -0.1) is 11.3 Å². The molecule has 0 spiro atoms. The Morgan fingerprint density at radius 1 is 1.42 bits per heavy atom. The zero-order valence-corrected chi connectivity index (χ0v) is 12.7. The van der Waals surface area contributed by atoms with Crippen LogP contribution in [0.3, 0.4) is 0 Å². The molecule has 0 fully saturated rings. The van der Waals surface area contributed by atoms with Crippen LogP contribution in [0.2, 0.25) is 0 Å². The fraction of sp³-hybridized carbons (Fsp3) is 0.538. The van der Waals surface area contributed by atoms with Gasteiger partial charge in [-0.05, 0) is 6.42 Å². The van der Waals surface area contributed by atoms with Crippen LogP contribution in [0, 0.1) is 0 Å². The average molecular weight is 283 g/mol. The minimum absolute atomic E-state index is 0.109. The number of anilines is 2. The van der Waals surface area contributed by atoms with Gasteiger partial charge in [0, 0.05) is 27.6 Å². The molecule has 0 radical (unpaired) electrons. The molecule has 1 amide bonds. The van der Waals surface area contributed by atoms with Crippen molar-refractivity contribution in [3.63, 3.8) is 0 Å². The van der Waals surface area contributed by atoms with E-state index < -0.39 is 0 Å². The molecule has 0 aromatic carbocycles. The predicted molar refractivity (Wildman–Crippen MR) is 80.3 cm³/mol. The van der Waals surface area contributed by atoms with E-state index in [2.05, 4.69) is 12.2 Å². The summed E-state index contributed by atoms with van der Waals surface area (Å²) in [5.74, 6) is -0.359. The van der Waals surface area contributed by atoms with Crippen molar-refractivity contribution in [2.75, 3.05) is 31.3 Å². The van der Waals surface area contributed by atoms with Gasteiger partial charge in [0.2, 0.25) is 0 Å². The first kappa shape index (κ1) is 15.5. The highest BCUT2D eigenvalue weighted by atomic mass is 32.1. The van der Waals surface area contributed by atoms with Gasteiger partial charge in [0.1, 0.15) is 5.00 Å². The molecule has 1 heterocycles. The number of ketones is 1. The van der Waals surface area contributed by atoms with Crippen molar-refractivity contribution in [2.45, 2.75) is 26.7 Å². The molecule has 0 aliphatic rings. The van der Waals surface area contributed by atoms with Gasteiger partial charge in [-0.25, -0.2) is 0 Å². The number of unbranched alkanes of at least 4 members (excludes halogenated alkanes) is 1. The summed E-state index contributed by atoms with van der Waals surface area (Å²) in [7, 11) is 3.47. The zero-order chi connectivity index (χ0) is 14.6. The van der Waals surface area contributed by atoms with Gasteiger partial charge in [-0.3, -0.25) is 9.59 Å². The maximum absolute atomic E-state index is 11.9. The molecule has 0 aliphatic carbocycles. The van der Waals surface area contributed by atoms with E-state index in [9.17, 15) is 9.59 Å². The number of Topliss-reactive ketones (excluding diaryl/α,β-unsaturated/α-hetero) is 1. The predicted octanol–water partition coefficient (Wildman–Crippen LogP) is 2.13. The summed E-state index contributed by atoms with van der Waals surface area (Å²) in [5.41, 5.74) is 6.65. The third-order valence-corrected chi connectivity index (χ3v) is 4.31. The zero-order valence-electron chi connectivity index (χ0n) is 11.9. The van der Waals surface area contributed by atoms with Crippen molar-refractivity contribution in [1.29, 1.82) is 0 Å². The van der Waals surface area contributed by atoms with Crippen LogP contribution in [0.1, 0.15) is 46.7 Å². The van der Waals surface area contributed by atoms with Gasteiger partial charge in [0.15, 0.2) is 5.78 Å². The molecular weight excluding hydrogens is 262 g/mol. The third-order valence-electron chi connectivity index (χ3n) is 2.89. The Hall–Kier alpha value is -1.56. The molecule has 0 saturated carbocycles. The second-order valence-corrected chi connectivity index (χ2v) is 5.43. The van der Waals surface area contributed by atoms with Crippen LogP contribution in [0.4, 0.5) is 10.7 Å². The fourth-order valence-corrected chi connectivity index (χ4v) is 2.90. The Balaban J connectivity index is 3.24. The van der Waals surface area contributed by atoms with Crippen molar-refractivity contribution >= 4 is 33.7 Å². The molecule has 3 N–H and O–H groups in total. The standard InChI is InChI=1S/C13H21N3O2S/c1-5-6-7-16(4)13-9(12(18)15-3)10(14)11(19-13)8(2)17/h5-7,14H2,1-4H3,(H,15,18). The van der Waals surface area contributed by atoms with E-state index in [4.69, 9.17) is 5.73 Å². The number of rotatable bonds is 6. The molecule has 6 heteroatoms. The number of amides is 1. The number of hydrogen-bond donors (Lipinski definition) is 2. The van der Waals surface area contributed by atoms with Crippen molar-refractivity contribution in [3.8, 4) is 0 Å². The molecule has 1 rings (SSSR count). The Morgan fingerprint density at radius 2 is 2.05 bits per heavy atom. The Labute approximate surface area is 117 Å². The van der Waals surface area contributed by atoms with Crippen LogP contribution in [0.15, 0.2) is 0 Å². The molecule has 1 aromatic rings. The molecule has 19 heavy (non-hydrogen) atoms. The van der Waals surface area contributed by atoms with Crippen LogP contribution >= 0.6 is 11.3 Å². The van der Waals surface area contributed by atoms with Crippen LogP contribution in [0.25, 0.3) is 0 Å². The van der Waals surface area contributed by atoms with Gasteiger partial charge in [-0.1, -0.05) is 13.3 Å². The van der Waals surface area contributed by atoms with E-state index in [1.54, 1.807) is 7.05 Å². The summed E-state index contributed by atoms with van der Waals surface area (Å²) in [4.78, 5) is 25.9. The Kier molecular flexibility index (Phi) is 5.35. The van der Waals surface area contributed by atoms with Crippen molar-refractivity contribution in [2.24, 2.45) is 0 Å². The molecule has 106 valence electrons. The first-order valence-electron chi connectivity index (χ1n) is 6.30. The number of nitrogens with zero attached hydrogens (tertiary/aromatic N) is 1. The summed E-state index contributed by atoms with van der Waals surface area (Å²) in [6.07, 6.45) is 2.09. The minimum Gasteiger partial charge on any atom is -0.397 e.